The number of furan rings is 1. The fourth-order valence-corrected chi connectivity index (χ4v) is 5.42. The van der Waals surface area contributed by atoms with Gasteiger partial charge in [-0.3, -0.25) is 0 Å². The van der Waals surface area contributed by atoms with Crippen LogP contribution in [0, 0.1) is 13.8 Å². The summed E-state index contributed by atoms with van der Waals surface area (Å²) < 4.78 is 11.6. The van der Waals surface area contributed by atoms with Gasteiger partial charge in [0.2, 0.25) is 11.8 Å². The molecule has 7 heteroatoms. The van der Waals surface area contributed by atoms with Crippen molar-refractivity contribution in [2.75, 3.05) is 6.54 Å². The molecule has 3 aromatic rings. The van der Waals surface area contributed by atoms with E-state index in [9.17, 15) is 0 Å². The van der Waals surface area contributed by atoms with Crippen LogP contribution in [0.25, 0.3) is 0 Å². The molecule has 0 aliphatic carbocycles. The van der Waals surface area contributed by atoms with Gasteiger partial charge in [-0.2, -0.15) is 0 Å². The van der Waals surface area contributed by atoms with Crippen molar-refractivity contribution in [3.8, 4) is 0 Å². The summed E-state index contributed by atoms with van der Waals surface area (Å²) >= 11 is 3.64. The molecule has 5 rings (SSSR count). The minimum Gasteiger partial charge on any atom is -0.466 e. The van der Waals surface area contributed by atoms with Crippen molar-refractivity contribution < 1.29 is 9.15 Å². The molecule has 0 spiro atoms. The van der Waals surface area contributed by atoms with E-state index in [4.69, 9.17) is 9.15 Å². The Bertz CT molecular complexity index is 1030. The summed E-state index contributed by atoms with van der Waals surface area (Å²) in [7, 11) is 0. The highest BCUT2D eigenvalue weighted by Gasteiger charge is 2.30. The Hall–Kier alpha value is -2.51. The van der Waals surface area contributed by atoms with E-state index in [2.05, 4.69) is 44.4 Å². The van der Waals surface area contributed by atoms with Crippen molar-refractivity contribution in [2.24, 2.45) is 5.10 Å². The van der Waals surface area contributed by atoms with Gasteiger partial charge in [-0.25, -0.2) is 5.43 Å². The Morgan fingerprint density at radius 2 is 2.19 bits per heavy atom. The first-order valence-corrected chi connectivity index (χ1v) is 10.6. The molecule has 0 radical (unpaired) electrons. The highest BCUT2D eigenvalue weighted by Crippen LogP contribution is 2.40. The van der Waals surface area contributed by atoms with Crippen LogP contribution in [0.4, 0.5) is 0 Å². The third kappa shape index (κ3) is 2.96. The number of hydrazone groups is 1. The molecule has 1 N–H and O–H groups in total. The summed E-state index contributed by atoms with van der Waals surface area (Å²) in [5.74, 6) is 2.86. The highest BCUT2D eigenvalue weighted by atomic mass is 32.1. The standard InChI is InChI=1S/C20H19N3O2S2/c1-12-10-15(13(2)24-12)20-22-21-18(25-20)11-23-7-5-16-14(6-9-27-16)19(23)17-4-3-8-26-17/h3-4,6,8-11,19,21H,5,7H2,1-2H3. The highest BCUT2D eigenvalue weighted by molar-refractivity contribution is 7.10. The molecule has 0 saturated heterocycles. The van der Waals surface area contributed by atoms with Gasteiger partial charge in [0.1, 0.15) is 11.5 Å². The second kappa shape index (κ2) is 6.58. The van der Waals surface area contributed by atoms with Crippen LogP contribution in [0.1, 0.15) is 38.4 Å². The monoisotopic (exact) mass is 397 g/mol. The number of nitrogens with one attached hydrogen (secondary N) is 1. The van der Waals surface area contributed by atoms with Crippen LogP contribution < -0.4 is 5.43 Å². The van der Waals surface area contributed by atoms with Crippen LogP contribution >= 0.6 is 22.7 Å². The van der Waals surface area contributed by atoms with Gasteiger partial charge in [0, 0.05) is 16.3 Å². The Balaban J connectivity index is 1.42. The summed E-state index contributed by atoms with van der Waals surface area (Å²) in [6.07, 6.45) is 3.09. The summed E-state index contributed by atoms with van der Waals surface area (Å²) in [5.41, 5.74) is 5.30. The molecule has 1 atom stereocenters. The van der Waals surface area contributed by atoms with E-state index in [0.717, 1.165) is 30.0 Å². The zero-order valence-corrected chi connectivity index (χ0v) is 16.7. The third-order valence-corrected chi connectivity index (χ3v) is 6.77. The van der Waals surface area contributed by atoms with Crippen LogP contribution in [0.2, 0.25) is 0 Å². The van der Waals surface area contributed by atoms with Crippen LogP contribution in [-0.4, -0.2) is 17.3 Å². The molecule has 2 aliphatic rings. The lowest BCUT2D eigenvalue weighted by Gasteiger charge is -2.34. The Morgan fingerprint density at radius 3 is 2.96 bits per heavy atom. The van der Waals surface area contributed by atoms with Gasteiger partial charge in [-0.1, -0.05) is 6.07 Å². The van der Waals surface area contributed by atoms with E-state index >= 15 is 0 Å². The first-order chi connectivity index (χ1) is 13.2. The van der Waals surface area contributed by atoms with Crippen molar-refractivity contribution in [3.05, 3.63) is 79.5 Å². The number of aryl methyl sites for hydroxylation is 2. The summed E-state index contributed by atoms with van der Waals surface area (Å²) in [5, 5.41) is 8.67. The second-order valence-electron chi connectivity index (χ2n) is 6.66. The molecule has 2 aliphatic heterocycles. The minimum atomic E-state index is 0.222. The van der Waals surface area contributed by atoms with E-state index in [1.807, 2.05) is 37.5 Å². The van der Waals surface area contributed by atoms with Crippen LogP contribution in [0.3, 0.4) is 0 Å². The molecule has 138 valence electrons. The van der Waals surface area contributed by atoms with Crippen molar-refractivity contribution in [1.82, 2.24) is 10.3 Å². The summed E-state index contributed by atoms with van der Waals surface area (Å²) in [6, 6.07) is 8.74. The fourth-order valence-electron chi connectivity index (χ4n) is 3.66. The average molecular weight is 398 g/mol. The van der Waals surface area contributed by atoms with Gasteiger partial charge in [0.25, 0.3) is 0 Å². The number of nitrogens with zero attached hydrogens (tertiary/aromatic N) is 2. The SMILES string of the molecule is Cc1cc(C2=NNC(=CN3CCc4sccc4C3c3cccs3)O2)c(C)o1. The number of rotatable bonds is 3. The Morgan fingerprint density at radius 1 is 1.26 bits per heavy atom. The molecular formula is C20H19N3O2S2. The molecule has 1 unspecified atom stereocenters. The van der Waals surface area contributed by atoms with E-state index in [-0.39, 0.29) is 6.04 Å². The molecule has 0 aromatic carbocycles. The lowest BCUT2D eigenvalue weighted by Crippen LogP contribution is -2.31. The maximum Gasteiger partial charge on any atom is 0.249 e. The largest absolute Gasteiger partial charge is 0.466 e. The number of hydrogen-bond acceptors (Lipinski definition) is 7. The lowest BCUT2D eigenvalue weighted by molar-refractivity contribution is 0.285. The Labute approximate surface area is 165 Å². The zero-order chi connectivity index (χ0) is 18.4. The van der Waals surface area contributed by atoms with Gasteiger partial charge in [-0.05, 0) is 54.8 Å². The van der Waals surface area contributed by atoms with E-state index in [1.54, 1.807) is 11.3 Å². The second-order valence-corrected chi connectivity index (χ2v) is 8.64. The molecule has 0 amide bonds. The molecule has 5 heterocycles. The first kappa shape index (κ1) is 16.6. The van der Waals surface area contributed by atoms with Crippen LogP contribution in [-0.2, 0) is 11.2 Å². The number of ether oxygens (including phenoxy) is 1. The number of hydrogen-bond donors (Lipinski definition) is 1. The molecule has 0 bridgehead atoms. The Kier molecular flexibility index (Phi) is 4.06. The van der Waals surface area contributed by atoms with Crippen molar-refractivity contribution in [1.29, 1.82) is 0 Å². The topological polar surface area (TPSA) is 50.0 Å². The predicted octanol–water partition coefficient (Wildman–Crippen LogP) is 4.75. The molecule has 0 fully saturated rings. The summed E-state index contributed by atoms with van der Waals surface area (Å²) in [6.45, 7) is 4.79. The van der Waals surface area contributed by atoms with Crippen molar-refractivity contribution in [2.45, 2.75) is 26.3 Å². The maximum atomic E-state index is 5.98. The van der Waals surface area contributed by atoms with Gasteiger partial charge in [-0.15, -0.1) is 27.8 Å². The molecule has 3 aromatic heterocycles. The fraction of sp³-hybridized carbons (Fsp3) is 0.250. The molecule has 0 saturated carbocycles. The van der Waals surface area contributed by atoms with E-state index in [0.29, 0.717) is 11.8 Å². The molecular weight excluding hydrogens is 378 g/mol. The zero-order valence-electron chi connectivity index (χ0n) is 15.1. The van der Waals surface area contributed by atoms with E-state index in [1.165, 1.54) is 15.3 Å². The quantitative estimate of drug-likeness (QED) is 0.693. The minimum absolute atomic E-state index is 0.222. The average Bonchev–Trinajstić information content (AvgIpc) is 3.41. The van der Waals surface area contributed by atoms with Crippen molar-refractivity contribution in [3.63, 3.8) is 0 Å². The van der Waals surface area contributed by atoms with Gasteiger partial charge < -0.3 is 14.1 Å². The lowest BCUT2D eigenvalue weighted by atomic mass is 9.99. The van der Waals surface area contributed by atoms with Crippen LogP contribution in [0.15, 0.2) is 56.6 Å². The smallest absolute Gasteiger partial charge is 0.249 e. The molecule has 27 heavy (non-hydrogen) atoms. The first-order valence-electron chi connectivity index (χ1n) is 8.85. The number of thiophene rings is 2. The summed E-state index contributed by atoms with van der Waals surface area (Å²) in [4.78, 5) is 5.16. The van der Waals surface area contributed by atoms with Gasteiger partial charge in [0.05, 0.1) is 17.8 Å². The number of fused-ring (bicyclic) bond motifs is 1. The maximum absolute atomic E-state index is 5.98. The third-order valence-electron chi connectivity index (χ3n) is 4.84. The van der Waals surface area contributed by atoms with E-state index < -0.39 is 0 Å². The van der Waals surface area contributed by atoms with Crippen LogP contribution in [0.5, 0.6) is 0 Å². The predicted molar refractivity (Wildman–Crippen MR) is 108 cm³/mol. The normalized spacial score (nSPS) is 20.4. The van der Waals surface area contributed by atoms with Gasteiger partial charge >= 0.3 is 0 Å². The van der Waals surface area contributed by atoms with Gasteiger partial charge in [0.15, 0.2) is 0 Å². The molecule has 5 nitrogen and oxygen atoms in total. The van der Waals surface area contributed by atoms with Crippen molar-refractivity contribution >= 4 is 28.6 Å².